The highest BCUT2D eigenvalue weighted by Gasteiger charge is 2.18. The summed E-state index contributed by atoms with van der Waals surface area (Å²) >= 11 is 0. The summed E-state index contributed by atoms with van der Waals surface area (Å²) in [4.78, 5) is 20.2. The number of rotatable bonds is 4. The van der Waals surface area contributed by atoms with Crippen molar-refractivity contribution in [1.82, 2.24) is 24.5 Å². The van der Waals surface area contributed by atoms with Crippen molar-refractivity contribution in [3.63, 3.8) is 0 Å². The second-order valence-electron chi connectivity index (χ2n) is 5.27. The molecule has 0 aromatic carbocycles. The van der Waals surface area contributed by atoms with Gasteiger partial charge in [0.15, 0.2) is 0 Å². The molecule has 0 saturated carbocycles. The topological polar surface area (TPSA) is 71.8 Å². The van der Waals surface area contributed by atoms with Crippen molar-refractivity contribution in [2.24, 2.45) is 0 Å². The molecule has 3 rings (SSSR count). The van der Waals surface area contributed by atoms with Gasteiger partial charge in [-0.05, 0) is 33.6 Å². The van der Waals surface area contributed by atoms with Crippen molar-refractivity contribution >= 4 is 11.9 Å². The van der Waals surface area contributed by atoms with Crippen LogP contribution in [0.3, 0.4) is 0 Å². The third-order valence-corrected chi connectivity index (χ3v) is 3.80. The molecule has 0 spiro atoms. The molecule has 1 fully saturated rings. The van der Waals surface area contributed by atoms with Gasteiger partial charge in [-0.15, -0.1) is 0 Å². The standard InChI is InChI=1S/C14H21N7/c1-4-15-12-17-13(20-7-5-6-8-20)19-14(18-12)21-9-16-10(2)11(21)3/h9H,4-8H2,1-3H3,(H,15,17,18,19). The summed E-state index contributed by atoms with van der Waals surface area (Å²) in [6.45, 7) is 8.85. The van der Waals surface area contributed by atoms with Crippen LogP contribution < -0.4 is 10.2 Å². The van der Waals surface area contributed by atoms with Gasteiger partial charge in [0.2, 0.25) is 17.8 Å². The van der Waals surface area contributed by atoms with Crippen LogP contribution in [-0.2, 0) is 0 Å². The Morgan fingerprint density at radius 3 is 2.43 bits per heavy atom. The Kier molecular flexibility index (Phi) is 3.72. The molecule has 1 aliphatic heterocycles. The maximum Gasteiger partial charge on any atom is 0.241 e. The fraction of sp³-hybridized carbons (Fsp3) is 0.571. The molecule has 112 valence electrons. The minimum absolute atomic E-state index is 0.621. The molecule has 7 heteroatoms. The number of aromatic nitrogens is 5. The van der Waals surface area contributed by atoms with E-state index in [-0.39, 0.29) is 0 Å². The van der Waals surface area contributed by atoms with Crippen LogP contribution in [0.15, 0.2) is 6.33 Å². The van der Waals surface area contributed by atoms with Crippen LogP contribution in [0.1, 0.15) is 31.2 Å². The van der Waals surface area contributed by atoms with Gasteiger partial charge < -0.3 is 10.2 Å². The van der Waals surface area contributed by atoms with Crippen LogP contribution in [-0.4, -0.2) is 44.1 Å². The molecular weight excluding hydrogens is 266 g/mol. The summed E-state index contributed by atoms with van der Waals surface area (Å²) in [6, 6.07) is 0. The van der Waals surface area contributed by atoms with Crippen molar-refractivity contribution < 1.29 is 0 Å². The maximum atomic E-state index is 4.63. The van der Waals surface area contributed by atoms with Crippen LogP contribution in [0, 0.1) is 13.8 Å². The molecule has 21 heavy (non-hydrogen) atoms. The second-order valence-corrected chi connectivity index (χ2v) is 5.27. The summed E-state index contributed by atoms with van der Waals surface area (Å²) in [7, 11) is 0. The average Bonchev–Trinajstić information content (AvgIpc) is 3.11. The van der Waals surface area contributed by atoms with E-state index in [1.165, 1.54) is 12.8 Å². The molecule has 1 aliphatic rings. The lowest BCUT2D eigenvalue weighted by molar-refractivity contribution is 0.826. The summed E-state index contributed by atoms with van der Waals surface area (Å²) in [5.74, 6) is 2.00. The van der Waals surface area contributed by atoms with Crippen molar-refractivity contribution in [1.29, 1.82) is 0 Å². The smallest absolute Gasteiger partial charge is 0.241 e. The summed E-state index contributed by atoms with van der Waals surface area (Å²) in [5, 5.41) is 3.19. The van der Waals surface area contributed by atoms with E-state index in [1.807, 2.05) is 25.3 Å². The van der Waals surface area contributed by atoms with E-state index in [9.17, 15) is 0 Å². The van der Waals surface area contributed by atoms with Gasteiger partial charge in [-0.25, -0.2) is 4.98 Å². The first-order chi connectivity index (χ1) is 10.2. The Bertz CT molecular complexity index is 628. The monoisotopic (exact) mass is 287 g/mol. The van der Waals surface area contributed by atoms with Gasteiger partial charge in [-0.1, -0.05) is 0 Å². The van der Waals surface area contributed by atoms with Crippen molar-refractivity contribution in [2.75, 3.05) is 29.9 Å². The molecule has 0 atom stereocenters. The van der Waals surface area contributed by atoms with Crippen LogP contribution in [0.2, 0.25) is 0 Å². The van der Waals surface area contributed by atoms with E-state index in [0.717, 1.165) is 37.0 Å². The van der Waals surface area contributed by atoms with Gasteiger partial charge in [0, 0.05) is 25.3 Å². The normalized spacial score (nSPS) is 14.7. The molecule has 1 N–H and O–H groups in total. The number of hydrogen-bond donors (Lipinski definition) is 1. The number of nitrogens with zero attached hydrogens (tertiary/aromatic N) is 6. The van der Waals surface area contributed by atoms with Gasteiger partial charge in [0.25, 0.3) is 0 Å². The molecule has 0 amide bonds. The number of anilines is 2. The van der Waals surface area contributed by atoms with Crippen LogP contribution in [0.25, 0.3) is 5.95 Å². The molecule has 0 aliphatic carbocycles. The summed E-state index contributed by atoms with van der Waals surface area (Å²) in [5.41, 5.74) is 2.04. The Balaban J connectivity index is 2.04. The van der Waals surface area contributed by atoms with Crippen molar-refractivity contribution in [3.8, 4) is 5.95 Å². The minimum Gasteiger partial charge on any atom is -0.354 e. The van der Waals surface area contributed by atoms with Crippen LogP contribution in [0.5, 0.6) is 0 Å². The van der Waals surface area contributed by atoms with E-state index >= 15 is 0 Å². The fourth-order valence-corrected chi connectivity index (χ4v) is 2.46. The van der Waals surface area contributed by atoms with Crippen LogP contribution >= 0.6 is 0 Å². The van der Waals surface area contributed by atoms with E-state index in [4.69, 9.17) is 0 Å². The van der Waals surface area contributed by atoms with E-state index in [0.29, 0.717) is 11.9 Å². The lowest BCUT2D eigenvalue weighted by Crippen LogP contribution is -2.22. The van der Waals surface area contributed by atoms with Gasteiger partial charge >= 0.3 is 0 Å². The number of imidazole rings is 1. The number of nitrogens with one attached hydrogen (secondary N) is 1. The molecule has 2 aromatic heterocycles. The Morgan fingerprint density at radius 1 is 1.10 bits per heavy atom. The van der Waals surface area contributed by atoms with E-state index in [1.54, 1.807) is 6.33 Å². The fourth-order valence-electron chi connectivity index (χ4n) is 2.46. The van der Waals surface area contributed by atoms with E-state index in [2.05, 4.69) is 30.2 Å². The molecular formula is C14H21N7. The largest absolute Gasteiger partial charge is 0.354 e. The predicted molar refractivity (Wildman–Crippen MR) is 82.0 cm³/mol. The average molecular weight is 287 g/mol. The highest BCUT2D eigenvalue weighted by molar-refractivity contribution is 5.41. The molecule has 1 saturated heterocycles. The van der Waals surface area contributed by atoms with Gasteiger partial charge in [0.1, 0.15) is 6.33 Å². The highest BCUT2D eigenvalue weighted by Crippen LogP contribution is 2.19. The van der Waals surface area contributed by atoms with Crippen LogP contribution in [0.4, 0.5) is 11.9 Å². The molecule has 0 radical (unpaired) electrons. The first kappa shape index (κ1) is 13.8. The third-order valence-electron chi connectivity index (χ3n) is 3.80. The lowest BCUT2D eigenvalue weighted by atomic mass is 10.4. The molecule has 7 nitrogen and oxygen atoms in total. The summed E-state index contributed by atoms with van der Waals surface area (Å²) in [6.07, 6.45) is 4.16. The molecule has 0 unspecified atom stereocenters. The lowest BCUT2D eigenvalue weighted by Gasteiger charge is -2.17. The van der Waals surface area contributed by atoms with Gasteiger partial charge in [0.05, 0.1) is 5.69 Å². The Morgan fingerprint density at radius 2 is 1.81 bits per heavy atom. The highest BCUT2D eigenvalue weighted by atomic mass is 15.3. The Labute approximate surface area is 124 Å². The molecule has 0 bridgehead atoms. The SMILES string of the molecule is CCNc1nc(N2CCCC2)nc(-n2cnc(C)c2C)n1. The zero-order chi connectivity index (χ0) is 14.8. The zero-order valence-electron chi connectivity index (χ0n) is 12.8. The third kappa shape index (κ3) is 2.68. The zero-order valence-corrected chi connectivity index (χ0v) is 12.8. The first-order valence-corrected chi connectivity index (χ1v) is 7.45. The molecule has 2 aromatic rings. The maximum absolute atomic E-state index is 4.63. The quantitative estimate of drug-likeness (QED) is 0.923. The van der Waals surface area contributed by atoms with Gasteiger partial charge in [-0.2, -0.15) is 15.0 Å². The van der Waals surface area contributed by atoms with Crippen molar-refractivity contribution in [2.45, 2.75) is 33.6 Å². The van der Waals surface area contributed by atoms with E-state index < -0.39 is 0 Å². The minimum atomic E-state index is 0.621. The summed E-state index contributed by atoms with van der Waals surface area (Å²) < 4.78 is 1.91. The van der Waals surface area contributed by atoms with Gasteiger partial charge in [-0.3, -0.25) is 4.57 Å². The van der Waals surface area contributed by atoms with Crippen molar-refractivity contribution in [3.05, 3.63) is 17.7 Å². The first-order valence-electron chi connectivity index (χ1n) is 7.45. The Hall–Kier alpha value is -2.18. The predicted octanol–water partition coefficient (Wildman–Crippen LogP) is 1.71. The second kappa shape index (κ2) is 5.67. The number of hydrogen-bond acceptors (Lipinski definition) is 6. The number of aryl methyl sites for hydroxylation is 1. The molecule has 3 heterocycles.